The maximum atomic E-state index is 10.8. The molecule has 1 rings (SSSR count). The Bertz CT molecular complexity index is 423. The van der Waals surface area contributed by atoms with E-state index in [4.69, 9.17) is 17.3 Å². The summed E-state index contributed by atoms with van der Waals surface area (Å²) in [6.07, 6.45) is 1.75. The highest BCUT2D eigenvalue weighted by Gasteiger charge is 2.19. The Hall–Kier alpha value is -1.63. The van der Waals surface area contributed by atoms with Gasteiger partial charge >= 0.3 is 5.97 Å². The average Bonchev–Trinajstić information content (AvgIpc) is 2.49. The van der Waals surface area contributed by atoms with Crippen LogP contribution in [0.25, 0.3) is 0 Å². The first-order chi connectivity index (χ1) is 6.99. The minimum absolute atomic E-state index is 0.169. The van der Waals surface area contributed by atoms with Crippen LogP contribution < -0.4 is 5.32 Å². The number of aromatic amines is 2. The maximum absolute atomic E-state index is 10.8. The quantitative estimate of drug-likeness (QED) is 0.554. The highest BCUT2D eigenvalue weighted by Crippen LogP contribution is 1.99. The fourth-order valence-corrected chi connectivity index (χ4v) is 1.34. The van der Waals surface area contributed by atoms with Gasteiger partial charge in [0.25, 0.3) is 0 Å². The van der Waals surface area contributed by atoms with Crippen molar-refractivity contribution < 1.29 is 14.7 Å². The molecule has 1 aromatic heterocycles. The van der Waals surface area contributed by atoms with Crippen molar-refractivity contribution in [2.45, 2.75) is 19.4 Å². The van der Waals surface area contributed by atoms with Gasteiger partial charge < -0.3 is 20.4 Å². The van der Waals surface area contributed by atoms with E-state index in [1.54, 1.807) is 6.20 Å². The number of imidazole rings is 1. The van der Waals surface area contributed by atoms with Crippen molar-refractivity contribution in [2.75, 3.05) is 0 Å². The fraction of sp³-hybridized carbons (Fsp3) is 0.375. The maximum Gasteiger partial charge on any atom is 0.326 e. The lowest BCUT2D eigenvalue weighted by Crippen LogP contribution is -2.41. The SMILES string of the molecule is CC(=O)N[C@@H](Cc1c[nH]c(=S)[nH]1)C(=O)O. The Labute approximate surface area is 90.7 Å². The zero-order valence-electron chi connectivity index (χ0n) is 8.03. The molecule has 0 saturated heterocycles. The van der Waals surface area contributed by atoms with Crippen molar-refractivity contribution in [1.29, 1.82) is 0 Å². The first-order valence-electron chi connectivity index (χ1n) is 4.25. The summed E-state index contributed by atoms with van der Waals surface area (Å²) < 4.78 is 0.428. The molecule has 4 N–H and O–H groups in total. The molecule has 7 heteroatoms. The van der Waals surface area contributed by atoms with Gasteiger partial charge in [-0.1, -0.05) is 0 Å². The number of carboxylic acids is 1. The number of rotatable bonds is 4. The standard InChI is InChI=1S/C8H11N3O3S/c1-4(12)10-6(7(13)14)2-5-3-9-8(15)11-5/h3,6H,2H2,1H3,(H,10,12)(H,13,14)(H2,9,11,15)/t6-/m0/s1. The molecule has 1 heterocycles. The van der Waals surface area contributed by atoms with E-state index in [0.29, 0.717) is 10.5 Å². The van der Waals surface area contributed by atoms with Gasteiger partial charge in [-0.25, -0.2) is 4.79 Å². The summed E-state index contributed by atoms with van der Waals surface area (Å²) in [6.45, 7) is 1.27. The summed E-state index contributed by atoms with van der Waals surface area (Å²) in [5, 5.41) is 11.2. The van der Waals surface area contributed by atoms with Crippen molar-refractivity contribution in [1.82, 2.24) is 15.3 Å². The van der Waals surface area contributed by atoms with Crippen LogP contribution in [-0.4, -0.2) is 33.0 Å². The van der Waals surface area contributed by atoms with E-state index in [2.05, 4.69) is 15.3 Å². The van der Waals surface area contributed by atoms with Crippen LogP contribution in [0.1, 0.15) is 12.6 Å². The predicted octanol–water partition coefficient (Wildman–Crippen LogP) is 0.204. The van der Waals surface area contributed by atoms with Crippen LogP contribution in [0.4, 0.5) is 0 Å². The summed E-state index contributed by atoms with van der Waals surface area (Å²) in [5.74, 6) is -1.46. The van der Waals surface area contributed by atoms with Crippen LogP contribution in [0.15, 0.2) is 6.20 Å². The molecule has 0 aliphatic heterocycles. The molecule has 6 nitrogen and oxygen atoms in total. The van der Waals surface area contributed by atoms with Gasteiger partial charge in [0.15, 0.2) is 4.77 Å². The van der Waals surface area contributed by atoms with Gasteiger partial charge in [0.05, 0.1) is 0 Å². The van der Waals surface area contributed by atoms with Crippen molar-refractivity contribution >= 4 is 24.1 Å². The lowest BCUT2D eigenvalue weighted by atomic mass is 10.1. The summed E-state index contributed by atoms with van der Waals surface area (Å²) in [7, 11) is 0. The second-order valence-corrected chi connectivity index (χ2v) is 3.47. The molecule has 0 saturated carbocycles. The third kappa shape index (κ3) is 3.55. The Morgan fingerprint density at radius 3 is 2.73 bits per heavy atom. The van der Waals surface area contributed by atoms with Crippen molar-refractivity contribution in [3.8, 4) is 0 Å². The Morgan fingerprint density at radius 2 is 2.33 bits per heavy atom. The number of carboxylic acid groups (broad SMARTS) is 1. The second-order valence-electron chi connectivity index (χ2n) is 3.06. The summed E-state index contributed by atoms with van der Waals surface area (Å²) in [5.41, 5.74) is 0.640. The van der Waals surface area contributed by atoms with Crippen molar-refractivity contribution in [3.63, 3.8) is 0 Å². The highest BCUT2D eigenvalue weighted by atomic mass is 32.1. The second kappa shape index (κ2) is 4.74. The van der Waals surface area contributed by atoms with E-state index in [9.17, 15) is 9.59 Å². The van der Waals surface area contributed by atoms with Gasteiger partial charge in [-0.2, -0.15) is 0 Å². The lowest BCUT2D eigenvalue weighted by Gasteiger charge is -2.11. The molecule has 1 aromatic rings. The molecule has 0 radical (unpaired) electrons. The largest absolute Gasteiger partial charge is 0.480 e. The van der Waals surface area contributed by atoms with E-state index in [0.717, 1.165) is 0 Å². The van der Waals surface area contributed by atoms with Crippen molar-refractivity contribution in [3.05, 3.63) is 16.7 Å². The number of nitrogens with one attached hydrogen (secondary N) is 3. The molecule has 0 aromatic carbocycles. The fourth-order valence-electron chi connectivity index (χ4n) is 1.15. The van der Waals surface area contributed by atoms with Crippen LogP contribution in [0, 0.1) is 4.77 Å². The minimum Gasteiger partial charge on any atom is -0.480 e. The van der Waals surface area contributed by atoms with E-state index in [1.165, 1.54) is 6.92 Å². The molecule has 82 valence electrons. The van der Waals surface area contributed by atoms with E-state index >= 15 is 0 Å². The van der Waals surface area contributed by atoms with Gasteiger partial charge in [-0.05, 0) is 12.2 Å². The molecule has 0 aliphatic carbocycles. The van der Waals surface area contributed by atoms with Gasteiger partial charge in [0.1, 0.15) is 6.04 Å². The summed E-state index contributed by atoms with van der Waals surface area (Å²) >= 11 is 4.79. The number of carbonyl (C=O) groups is 2. The Balaban J connectivity index is 2.70. The zero-order chi connectivity index (χ0) is 11.4. The van der Waals surface area contributed by atoms with Gasteiger partial charge in [-0.3, -0.25) is 4.79 Å². The molecule has 1 amide bonds. The molecule has 0 aliphatic rings. The van der Waals surface area contributed by atoms with Gasteiger partial charge in [0, 0.05) is 25.2 Å². The topological polar surface area (TPSA) is 98.0 Å². The Kier molecular flexibility index (Phi) is 3.62. The van der Waals surface area contributed by atoms with Gasteiger partial charge in [-0.15, -0.1) is 0 Å². The van der Waals surface area contributed by atoms with Crippen LogP contribution >= 0.6 is 12.2 Å². The minimum atomic E-state index is -1.08. The number of hydrogen-bond donors (Lipinski definition) is 4. The monoisotopic (exact) mass is 229 g/mol. The lowest BCUT2D eigenvalue weighted by molar-refractivity contribution is -0.141. The first-order valence-corrected chi connectivity index (χ1v) is 4.66. The molecule has 0 bridgehead atoms. The van der Waals surface area contributed by atoms with E-state index in [-0.39, 0.29) is 12.3 Å². The van der Waals surface area contributed by atoms with E-state index in [1.807, 2.05) is 0 Å². The third-order valence-electron chi connectivity index (χ3n) is 1.75. The van der Waals surface area contributed by atoms with Gasteiger partial charge in [0.2, 0.25) is 5.91 Å². The van der Waals surface area contributed by atoms with Crippen LogP contribution in [0.2, 0.25) is 0 Å². The van der Waals surface area contributed by atoms with Crippen LogP contribution in [-0.2, 0) is 16.0 Å². The molecular weight excluding hydrogens is 218 g/mol. The Morgan fingerprint density at radius 1 is 1.67 bits per heavy atom. The first kappa shape index (κ1) is 11.4. The number of amides is 1. The summed E-state index contributed by atoms with van der Waals surface area (Å²) in [4.78, 5) is 27.0. The van der Waals surface area contributed by atoms with E-state index < -0.39 is 12.0 Å². The number of hydrogen-bond acceptors (Lipinski definition) is 3. The smallest absolute Gasteiger partial charge is 0.326 e. The number of aliphatic carboxylic acids is 1. The highest BCUT2D eigenvalue weighted by molar-refractivity contribution is 7.71. The van der Waals surface area contributed by atoms with Crippen molar-refractivity contribution in [2.24, 2.45) is 0 Å². The molecule has 0 fully saturated rings. The molecule has 0 unspecified atom stereocenters. The number of H-pyrrole nitrogens is 2. The zero-order valence-corrected chi connectivity index (χ0v) is 8.85. The number of carbonyl (C=O) groups excluding carboxylic acids is 1. The predicted molar refractivity (Wildman–Crippen MR) is 54.9 cm³/mol. The molecule has 15 heavy (non-hydrogen) atoms. The average molecular weight is 229 g/mol. The molecule has 1 atom stereocenters. The summed E-state index contributed by atoms with van der Waals surface area (Å²) in [6, 6.07) is -0.941. The van der Waals surface area contributed by atoms with Crippen LogP contribution in [0.5, 0.6) is 0 Å². The number of aromatic nitrogens is 2. The molecule has 0 spiro atoms. The third-order valence-corrected chi connectivity index (χ3v) is 1.97. The normalized spacial score (nSPS) is 12.1. The van der Waals surface area contributed by atoms with Crippen LogP contribution in [0.3, 0.4) is 0 Å². The molecular formula is C8H11N3O3S.